The van der Waals surface area contributed by atoms with Gasteiger partial charge >= 0.3 is 0 Å². The predicted molar refractivity (Wildman–Crippen MR) is 273 cm³/mol. The van der Waals surface area contributed by atoms with Gasteiger partial charge in [-0.25, -0.2) is 33.7 Å². The highest BCUT2D eigenvalue weighted by atomic mass is 19.1. The number of aryl methyl sites for hydroxylation is 2. The van der Waals surface area contributed by atoms with Crippen LogP contribution in [0, 0.1) is 25.5 Å². The van der Waals surface area contributed by atoms with Crippen molar-refractivity contribution in [2.75, 3.05) is 67.9 Å². The Morgan fingerprint density at radius 2 is 1.29 bits per heavy atom. The molecule has 7 heterocycles. The predicted octanol–water partition coefficient (Wildman–Crippen LogP) is 9.21. The number of ketones is 1. The van der Waals surface area contributed by atoms with E-state index in [2.05, 4.69) is 102 Å². The summed E-state index contributed by atoms with van der Waals surface area (Å²) in [5, 5.41) is 15.2. The molecule has 2 fully saturated rings. The van der Waals surface area contributed by atoms with E-state index in [-0.39, 0.29) is 23.1 Å². The number of nitrogens with one attached hydrogen (secondary N) is 6. The van der Waals surface area contributed by atoms with Crippen molar-refractivity contribution in [1.82, 2.24) is 50.4 Å². The number of pyridine rings is 1. The van der Waals surface area contributed by atoms with Gasteiger partial charge in [-0.15, -0.1) is 0 Å². The molecule has 2 aliphatic heterocycles. The van der Waals surface area contributed by atoms with Gasteiger partial charge in [-0.2, -0.15) is 0 Å². The van der Waals surface area contributed by atoms with Crippen molar-refractivity contribution in [2.45, 2.75) is 40.5 Å². The van der Waals surface area contributed by atoms with Crippen LogP contribution < -0.4 is 26.2 Å². The third kappa shape index (κ3) is 10.1. The summed E-state index contributed by atoms with van der Waals surface area (Å²) >= 11 is 0. The fraction of sp³-hybridized carbons (Fsp3) is 0.264. The van der Waals surface area contributed by atoms with Crippen LogP contribution in [0.5, 0.6) is 0 Å². The standard InChI is InChI=1S/C27H26FN7O2.C26H29FN6/c1-15(2)19-13-30-24(17-4-6-18(28)7-5-17)34-25(19)33-21-12-16(3)32-26-22(21)20(14-31-26)23(36)27(37)35-10-8-29-9-11-35;1-16(2)20-14-30-25(18-4-6-19(27)7-5-18)32-26(20)31-22-13-17(3)12-21-24(22)23(15-29-21)33-10-8-28-9-11-33/h4-7,12-14,29H,1,8-11H2,2-3H3,(H2,30,31,32,33,34);4-7,12-16,28-29H,8-11H2,1-3H3,(H,30,31,32). The fourth-order valence-corrected chi connectivity index (χ4v) is 8.75. The summed E-state index contributed by atoms with van der Waals surface area (Å²) in [6.45, 7) is 20.2. The highest BCUT2D eigenvalue weighted by molar-refractivity contribution is 6.45. The van der Waals surface area contributed by atoms with Crippen molar-refractivity contribution in [3.63, 3.8) is 0 Å². The molecule has 0 radical (unpaired) electrons. The molecule has 0 aliphatic carbocycles. The van der Waals surface area contributed by atoms with Crippen LogP contribution in [0.2, 0.25) is 0 Å². The zero-order chi connectivity index (χ0) is 49.1. The second-order valence-electron chi connectivity index (χ2n) is 17.9. The Bertz CT molecular complexity index is 3230. The lowest BCUT2D eigenvalue weighted by Gasteiger charge is -2.29. The molecular formula is C53H55F2N13O2. The minimum atomic E-state index is -0.600. The number of aromatic amines is 2. The highest BCUT2D eigenvalue weighted by Crippen LogP contribution is 2.38. The Morgan fingerprint density at radius 3 is 1.91 bits per heavy atom. The first-order chi connectivity index (χ1) is 33.8. The maximum atomic E-state index is 13.4. The highest BCUT2D eigenvalue weighted by Gasteiger charge is 2.28. The molecule has 1 amide bonds. The number of amides is 1. The van der Waals surface area contributed by atoms with Gasteiger partial charge in [0.05, 0.1) is 28.0 Å². The molecule has 0 bridgehead atoms. The summed E-state index contributed by atoms with van der Waals surface area (Å²) in [7, 11) is 0. The van der Waals surface area contributed by atoms with Gasteiger partial charge in [0.25, 0.3) is 11.7 Å². The van der Waals surface area contributed by atoms with E-state index in [0.717, 1.165) is 65.5 Å². The minimum absolute atomic E-state index is 0.234. The van der Waals surface area contributed by atoms with Gasteiger partial charge in [0, 0.05) is 116 Å². The van der Waals surface area contributed by atoms with Crippen molar-refractivity contribution < 1.29 is 18.4 Å². The fourth-order valence-electron chi connectivity index (χ4n) is 8.75. The van der Waals surface area contributed by atoms with Gasteiger partial charge in [-0.3, -0.25) is 9.59 Å². The molecule has 17 heteroatoms. The first-order valence-corrected chi connectivity index (χ1v) is 23.4. The topological polar surface area (TPSA) is 185 Å². The molecular weight excluding hydrogens is 889 g/mol. The zero-order valence-corrected chi connectivity index (χ0v) is 39.8. The summed E-state index contributed by atoms with van der Waals surface area (Å²) in [5.74, 6) is 0.681. The maximum absolute atomic E-state index is 13.4. The van der Waals surface area contributed by atoms with Crippen molar-refractivity contribution in [1.29, 1.82) is 0 Å². The SMILES string of the molecule is C=C(C)c1cnc(-c2ccc(F)cc2)nc1Nc1cc(C)nc2[nH]cc(C(=O)C(=O)N3CCNCC3)c12.Cc1cc(Nc2nc(-c3ccc(F)cc3)ncc2C(C)C)c2c(N3CCNCC3)c[nH]c2c1. The van der Waals surface area contributed by atoms with Crippen LogP contribution in [-0.2, 0) is 4.79 Å². The first kappa shape index (κ1) is 47.2. The molecule has 6 N–H and O–H groups in total. The quantitative estimate of drug-likeness (QED) is 0.0535. The van der Waals surface area contributed by atoms with Crippen molar-refractivity contribution in [2.24, 2.45) is 0 Å². The Balaban J connectivity index is 0.000000175. The Labute approximate surface area is 404 Å². The maximum Gasteiger partial charge on any atom is 0.295 e. The van der Waals surface area contributed by atoms with Crippen LogP contribution in [0.3, 0.4) is 0 Å². The molecule has 358 valence electrons. The van der Waals surface area contributed by atoms with Gasteiger partial charge in [0.1, 0.15) is 28.9 Å². The zero-order valence-electron chi connectivity index (χ0n) is 39.8. The normalized spacial score (nSPS) is 13.9. The average Bonchev–Trinajstić information content (AvgIpc) is 3.99. The lowest BCUT2D eigenvalue weighted by atomic mass is 10.0. The number of H-pyrrole nitrogens is 2. The minimum Gasteiger partial charge on any atom is -0.367 e. The molecule has 0 atom stereocenters. The molecule has 0 saturated carbocycles. The van der Waals surface area contributed by atoms with E-state index < -0.39 is 11.7 Å². The Hall–Kier alpha value is -7.89. The largest absolute Gasteiger partial charge is 0.367 e. The van der Waals surface area contributed by atoms with Crippen LogP contribution >= 0.6 is 0 Å². The molecule has 15 nitrogen and oxygen atoms in total. The van der Waals surface area contributed by atoms with Crippen LogP contribution in [0.15, 0.2) is 98.1 Å². The third-order valence-electron chi connectivity index (χ3n) is 12.4. The average molecular weight is 944 g/mol. The molecule has 2 aliphatic rings. The number of carbonyl (C=O) groups excluding carboxylic acids is 2. The monoisotopic (exact) mass is 943 g/mol. The Kier molecular flexibility index (Phi) is 13.7. The van der Waals surface area contributed by atoms with E-state index in [4.69, 9.17) is 4.98 Å². The van der Waals surface area contributed by atoms with Crippen molar-refractivity contribution in [3.05, 3.63) is 138 Å². The van der Waals surface area contributed by atoms with E-state index in [1.165, 1.54) is 41.5 Å². The van der Waals surface area contributed by atoms with E-state index in [9.17, 15) is 18.4 Å². The number of nitrogens with zero attached hydrogens (tertiary/aromatic N) is 7. The number of carbonyl (C=O) groups is 2. The number of piperazine rings is 2. The number of halogens is 2. The molecule has 0 spiro atoms. The van der Waals surface area contributed by atoms with Crippen LogP contribution in [0.1, 0.15) is 59.4 Å². The second kappa shape index (κ2) is 20.4. The molecule has 3 aromatic carbocycles. The Morgan fingerprint density at radius 1 is 0.700 bits per heavy atom. The lowest BCUT2D eigenvalue weighted by Crippen LogP contribution is -2.48. The van der Waals surface area contributed by atoms with Crippen molar-refractivity contribution in [3.8, 4) is 22.8 Å². The summed E-state index contributed by atoms with van der Waals surface area (Å²) in [4.78, 5) is 59.8. The van der Waals surface area contributed by atoms with Gasteiger partial charge in [0.2, 0.25) is 0 Å². The number of fused-ring (bicyclic) bond motifs is 2. The number of allylic oxidation sites excluding steroid dienone is 1. The molecule has 70 heavy (non-hydrogen) atoms. The van der Waals surface area contributed by atoms with Gasteiger partial charge in [-0.1, -0.05) is 20.4 Å². The molecule has 5 aromatic heterocycles. The van der Waals surface area contributed by atoms with E-state index in [0.29, 0.717) is 77.2 Å². The number of benzene rings is 3. The van der Waals surface area contributed by atoms with Gasteiger partial charge in [0.15, 0.2) is 11.6 Å². The number of rotatable bonds is 11. The number of hydrogen-bond acceptors (Lipinski definition) is 12. The number of Topliss-reactive ketones (excluding diaryl/α,β-unsaturated/α-hetero) is 1. The summed E-state index contributed by atoms with van der Waals surface area (Å²) in [6.07, 6.45) is 7.15. The molecule has 0 unspecified atom stereocenters. The summed E-state index contributed by atoms with van der Waals surface area (Å²) in [5.41, 5.74) is 10.3. The van der Waals surface area contributed by atoms with Gasteiger partial charge in [-0.05, 0) is 105 Å². The van der Waals surface area contributed by atoms with Gasteiger partial charge < -0.3 is 41.0 Å². The lowest BCUT2D eigenvalue weighted by molar-refractivity contribution is -0.126. The van der Waals surface area contributed by atoms with E-state index >= 15 is 0 Å². The third-order valence-corrected chi connectivity index (χ3v) is 12.4. The smallest absolute Gasteiger partial charge is 0.295 e. The summed E-state index contributed by atoms with van der Waals surface area (Å²) in [6, 6.07) is 18.4. The number of anilines is 5. The first-order valence-electron chi connectivity index (χ1n) is 23.4. The van der Waals surface area contributed by atoms with Crippen molar-refractivity contribution >= 4 is 67.9 Å². The van der Waals surface area contributed by atoms with E-state index in [1.54, 1.807) is 41.4 Å². The second-order valence-corrected chi connectivity index (χ2v) is 17.9. The molecule has 8 aromatic rings. The van der Waals surface area contributed by atoms with Crippen LogP contribution in [0.25, 0.3) is 50.3 Å². The van der Waals surface area contributed by atoms with Crippen LogP contribution in [-0.4, -0.2) is 104 Å². The van der Waals surface area contributed by atoms with E-state index in [1.807, 2.05) is 20.0 Å². The molecule has 10 rings (SSSR count). The summed E-state index contributed by atoms with van der Waals surface area (Å²) < 4.78 is 26.9. The number of hydrogen-bond donors (Lipinski definition) is 6. The van der Waals surface area contributed by atoms with Crippen LogP contribution in [0.4, 0.5) is 37.5 Å². The molecule has 2 saturated heterocycles. The number of aromatic nitrogens is 7.